The van der Waals surface area contributed by atoms with Gasteiger partial charge in [0, 0.05) is 0 Å². The molecule has 142 valence electrons. The van der Waals surface area contributed by atoms with Gasteiger partial charge < -0.3 is 10.3 Å². The molecular formula is C21H20N4OS2. The molecule has 1 unspecified atom stereocenters. The summed E-state index contributed by atoms with van der Waals surface area (Å²) in [5.41, 5.74) is 2.77. The summed E-state index contributed by atoms with van der Waals surface area (Å²) in [6, 6.07) is 13.9. The number of amides is 1. The Labute approximate surface area is 171 Å². The number of aromatic nitrogens is 3. The summed E-state index contributed by atoms with van der Waals surface area (Å²) in [6.07, 6.45) is 2.55. The third-order valence-electron chi connectivity index (χ3n) is 4.46. The number of nitrogens with zero attached hydrogens (tertiary/aromatic N) is 2. The van der Waals surface area contributed by atoms with Crippen LogP contribution in [0.25, 0.3) is 21.1 Å². The van der Waals surface area contributed by atoms with Crippen LogP contribution >= 0.6 is 22.7 Å². The minimum atomic E-state index is -0.184. The molecule has 0 spiro atoms. The quantitative estimate of drug-likeness (QED) is 0.445. The van der Waals surface area contributed by atoms with E-state index in [2.05, 4.69) is 20.3 Å². The molecule has 1 aromatic carbocycles. The summed E-state index contributed by atoms with van der Waals surface area (Å²) in [7, 11) is 0. The van der Waals surface area contributed by atoms with Gasteiger partial charge in [-0.3, -0.25) is 4.79 Å². The third kappa shape index (κ3) is 3.76. The molecule has 4 rings (SSSR count). The number of carbonyl (C=O) groups is 1. The summed E-state index contributed by atoms with van der Waals surface area (Å²) in [6.45, 7) is 3.91. The highest BCUT2D eigenvalue weighted by Gasteiger charge is 2.21. The molecule has 3 aromatic heterocycles. The van der Waals surface area contributed by atoms with E-state index >= 15 is 0 Å². The summed E-state index contributed by atoms with van der Waals surface area (Å²) in [5, 5.41) is 6.00. The van der Waals surface area contributed by atoms with Gasteiger partial charge >= 0.3 is 0 Å². The van der Waals surface area contributed by atoms with Gasteiger partial charge in [0.15, 0.2) is 0 Å². The molecule has 28 heavy (non-hydrogen) atoms. The van der Waals surface area contributed by atoms with E-state index < -0.39 is 0 Å². The Bertz CT molecular complexity index is 1070. The number of thiophene rings is 1. The molecule has 0 bridgehead atoms. The minimum Gasteiger partial charge on any atom is -0.341 e. The van der Waals surface area contributed by atoms with Crippen molar-refractivity contribution >= 4 is 28.6 Å². The van der Waals surface area contributed by atoms with Crippen LogP contribution in [0, 0.1) is 6.92 Å². The lowest BCUT2D eigenvalue weighted by molar-refractivity contribution is 0.0937. The van der Waals surface area contributed by atoms with Crippen LogP contribution in [0.1, 0.15) is 40.6 Å². The zero-order valence-corrected chi connectivity index (χ0v) is 17.2. The Kier molecular flexibility index (Phi) is 5.36. The monoisotopic (exact) mass is 408 g/mol. The van der Waals surface area contributed by atoms with Gasteiger partial charge in [0.25, 0.3) is 5.91 Å². The first-order chi connectivity index (χ1) is 13.7. The van der Waals surface area contributed by atoms with Gasteiger partial charge in [0.05, 0.1) is 28.5 Å². The number of imidazole rings is 1. The molecule has 0 aliphatic rings. The number of benzene rings is 1. The molecular weight excluding hydrogens is 388 g/mol. The second kappa shape index (κ2) is 8.08. The molecule has 0 radical (unpaired) electrons. The van der Waals surface area contributed by atoms with Crippen molar-refractivity contribution in [1.82, 2.24) is 20.3 Å². The zero-order chi connectivity index (χ0) is 19.5. The van der Waals surface area contributed by atoms with Crippen LogP contribution in [0.15, 0.2) is 54.0 Å². The number of carbonyl (C=O) groups excluding carboxylic acids is 1. The number of aryl methyl sites for hydroxylation is 1. The first-order valence-electron chi connectivity index (χ1n) is 9.08. The first-order valence-corrected chi connectivity index (χ1v) is 10.8. The average molecular weight is 409 g/mol. The first kappa shape index (κ1) is 18.6. The highest BCUT2D eigenvalue weighted by Crippen LogP contribution is 2.31. The van der Waals surface area contributed by atoms with E-state index in [1.807, 2.05) is 67.9 Å². The predicted octanol–water partition coefficient (Wildman–Crippen LogP) is 5.45. The SMILES string of the molecule is CCC(NC(=O)c1sc(-c2cccs2)nc1C)c1ncc(-c2ccccc2)[nH]1. The number of thiazole rings is 1. The van der Waals surface area contributed by atoms with E-state index in [-0.39, 0.29) is 11.9 Å². The summed E-state index contributed by atoms with van der Waals surface area (Å²) in [5.74, 6) is 0.651. The molecule has 0 aliphatic heterocycles. The van der Waals surface area contributed by atoms with Crippen molar-refractivity contribution in [2.75, 3.05) is 0 Å². The van der Waals surface area contributed by atoms with E-state index in [4.69, 9.17) is 0 Å². The average Bonchev–Trinajstić information content (AvgIpc) is 3.46. The topological polar surface area (TPSA) is 70.7 Å². The third-order valence-corrected chi connectivity index (χ3v) is 6.65. The standard InChI is InChI=1S/C21H20N4OS2/c1-3-15(19-22-12-16(24-19)14-8-5-4-6-9-14)25-20(26)18-13(2)23-21(28-18)17-10-7-11-27-17/h4-12,15H,3H2,1-2H3,(H,22,24)(H,25,26). The Hall–Kier alpha value is -2.77. The second-order valence-corrected chi connectivity index (χ2v) is 8.34. The van der Waals surface area contributed by atoms with Crippen molar-refractivity contribution in [3.8, 4) is 21.1 Å². The van der Waals surface area contributed by atoms with Crippen LogP contribution < -0.4 is 5.32 Å². The van der Waals surface area contributed by atoms with Crippen molar-refractivity contribution in [2.45, 2.75) is 26.3 Å². The summed E-state index contributed by atoms with van der Waals surface area (Å²) in [4.78, 5) is 27.0. The van der Waals surface area contributed by atoms with Gasteiger partial charge in [-0.25, -0.2) is 9.97 Å². The van der Waals surface area contributed by atoms with Crippen LogP contribution in [0.3, 0.4) is 0 Å². The molecule has 0 aliphatic carbocycles. The van der Waals surface area contributed by atoms with Crippen LogP contribution in [-0.4, -0.2) is 20.9 Å². The molecule has 0 saturated carbocycles. The number of H-pyrrole nitrogens is 1. The van der Waals surface area contributed by atoms with Gasteiger partial charge in [-0.05, 0) is 30.4 Å². The maximum absolute atomic E-state index is 12.9. The number of hydrogen-bond acceptors (Lipinski definition) is 5. The van der Waals surface area contributed by atoms with E-state index in [0.717, 1.165) is 39.1 Å². The van der Waals surface area contributed by atoms with Gasteiger partial charge in [-0.1, -0.05) is 43.3 Å². The van der Waals surface area contributed by atoms with Crippen molar-refractivity contribution in [3.63, 3.8) is 0 Å². The van der Waals surface area contributed by atoms with Crippen LogP contribution in [0.4, 0.5) is 0 Å². The Morgan fingerprint density at radius 3 is 2.75 bits per heavy atom. The van der Waals surface area contributed by atoms with E-state index in [1.165, 1.54) is 11.3 Å². The fourth-order valence-corrected chi connectivity index (χ4v) is 4.74. The molecule has 2 N–H and O–H groups in total. The summed E-state index contributed by atoms with van der Waals surface area (Å²) < 4.78 is 0. The fraction of sp³-hybridized carbons (Fsp3) is 0.190. The normalized spacial score (nSPS) is 12.1. The van der Waals surface area contributed by atoms with Gasteiger partial charge in [-0.15, -0.1) is 22.7 Å². The minimum absolute atomic E-state index is 0.109. The molecule has 1 atom stereocenters. The summed E-state index contributed by atoms with van der Waals surface area (Å²) >= 11 is 3.06. The Balaban J connectivity index is 1.53. The Morgan fingerprint density at radius 2 is 2.04 bits per heavy atom. The predicted molar refractivity (Wildman–Crippen MR) is 115 cm³/mol. The van der Waals surface area contributed by atoms with Gasteiger partial charge in [0.1, 0.15) is 15.7 Å². The van der Waals surface area contributed by atoms with Crippen LogP contribution in [0.5, 0.6) is 0 Å². The largest absolute Gasteiger partial charge is 0.341 e. The molecule has 5 nitrogen and oxygen atoms in total. The van der Waals surface area contributed by atoms with E-state index in [0.29, 0.717) is 4.88 Å². The van der Waals surface area contributed by atoms with E-state index in [1.54, 1.807) is 11.3 Å². The second-order valence-electron chi connectivity index (χ2n) is 6.39. The van der Waals surface area contributed by atoms with E-state index in [9.17, 15) is 4.79 Å². The maximum atomic E-state index is 12.9. The fourth-order valence-electron chi connectivity index (χ4n) is 2.98. The molecule has 4 aromatic rings. The number of hydrogen-bond donors (Lipinski definition) is 2. The lowest BCUT2D eigenvalue weighted by Crippen LogP contribution is -2.28. The molecule has 1 amide bonds. The Morgan fingerprint density at radius 1 is 1.21 bits per heavy atom. The smallest absolute Gasteiger partial charge is 0.263 e. The number of nitrogens with one attached hydrogen (secondary N) is 2. The zero-order valence-electron chi connectivity index (χ0n) is 15.6. The van der Waals surface area contributed by atoms with Crippen molar-refractivity contribution in [3.05, 3.63) is 70.4 Å². The van der Waals surface area contributed by atoms with Gasteiger partial charge in [-0.2, -0.15) is 0 Å². The molecule has 0 fully saturated rings. The molecule has 7 heteroatoms. The lowest BCUT2D eigenvalue weighted by atomic mass is 10.2. The lowest BCUT2D eigenvalue weighted by Gasteiger charge is -2.14. The highest BCUT2D eigenvalue weighted by molar-refractivity contribution is 7.22. The van der Waals surface area contributed by atoms with Crippen LogP contribution in [0.2, 0.25) is 0 Å². The number of aromatic amines is 1. The van der Waals surface area contributed by atoms with Crippen LogP contribution in [-0.2, 0) is 0 Å². The number of rotatable bonds is 6. The molecule has 0 saturated heterocycles. The van der Waals surface area contributed by atoms with Crippen molar-refractivity contribution < 1.29 is 4.79 Å². The molecule has 3 heterocycles. The van der Waals surface area contributed by atoms with Crippen molar-refractivity contribution in [2.24, 2.45) is 0 Å². The van der Waals surface area contributed by atoms with Gasteiger partial charge in [0.2, 0.25) is 0 Å². The maximum Gasteiger partial charge on any atom is 0.263 e. The van der Waals surface area contributed by atoms with Crippen molar-refractivity contribution in [1.29, 1.82) is 0 Å². The highest BCUT2D eigenvalue weighted by atomic mass is 32.1.